The molecule has 0 atom stereocenters. The number of benzene rings is 2. The predicted octanol–water partition coefficient (Wildman–Crippen LogP) is 4.63. The summed E-state index contributed by atoms with van der Waals surface area (Å²) in [4.78, 5) is 29.2. The summed E-state index contributed by atoms with van der Waals surface area (Å²) in [7, 11) is 1.91. The van der Waals surface area contributed by atoms with Crippen molar-refractivity contribution in [2.45, 2.75) is 18.9 Å². The second kappa shape index (κ2) is 10.0. The van der Waals surface area contributed by atoms with Crippen molar-refractivity contribution >= 4 is 22.8 Å². The summed E-state index contributed by atoms with van der Waals surface area (Å²) in [5.41, 5.74) is 4.45. The Morgan fingerprint density at radius 2 is 1.84 bits per heavy atom. The zero-order chi connectivity index (χ0) is 26.1. The lowest BCUT2D eigenvalue weighted by Crippen LogP contribution is -2.45. The summed E-state index contributed by atoms with van der Waals surface area (Å²) in [6, 6.07) is 19.7. The normalized spacial score (nSPS) is 14.1. The molecule has 0 unspecified atom stereocenters. The Labute approximate surface area is 219 Å². The van der Waals surface area contributed by atoms with Gasteiger partial charge >= 0.3 is 0 Å². The molecule has 2 aromatic carbocycles. The van der Waals surface area contributed by atoms with Gasteiger partial charge in [-0.15, -0.1) is 0 Å². The minimum atomic E-state index is -0.320. The molecule has 1 aliphatic rings. The number of pyridine rings is 1. The van der Waals surface area contributed by atoms with E-state index in [2.05, 4.69) is 20.3 Å². The highest BCUT2D eigenvalue weighted by molar-refractivity contribution is 5.94. The van der Waals surface area contributed by atoms with Crippen LogP contribution in [0.25, 0.3) is 33.5 Å². The number of hydrogen-bond acceptors (Lipinski definition) is 6. The maximum atomic E-state index is 13.5. The molecule has 1 fully saturated rings. The van der Waals surface area contributed by atoms with Gasteiger partial charge in [-0.3, -0.25) is 14.5 Å². The maximum absolute atomic E-state index is 13.5. The molecule has 1 N–H and O–H groups in total. The molecule has 9 heteroatoms. The number of carbonyl (C=O) groups is 1. The summed E-state index contributed by atoms with van der Waals surface area (Å²) < 4.78 is 15.3. The van der Waals surface area contributed by atoms with Gasteiger partial charge in [0, 0.05) is 49.5 Å². The lowest BCUT2D eigenvalue weighted by atomic mass is 10.0. The highest BCUT2D eigenvalue weighted by Gasteiger charge is 2.24. The van der Waals surface area contributed by atoms with Crippen molar-refractivity contribution in [1.82, 2.24) is 30.0 Å². The van der Waals surface area contributed by atoms with E-state index in [4.69, 9.17) is 9.97 Å². The van der Waals surface area contributed by atoms with Gasteiger partial charge in [-0.1, -0.05) is 30.3 Å². The van der Waals surface area contributed by atoms with Crippen LogP contribution in [0.1, 0.15) is 23.2 Å². The molecule has 38 heavy (non-hydrogen) atoms. The number of piperidine rings is 1. The molecule has 5 aromatic rings. The molecule has 1 aliphatic heterocycles. The summed E-state index contributed by atoms with van der Waals surface area (Å²) in [5, 5.41) is 8.42. The van der Waals surface area contributed by atoms with Crippen molar-refractivity contribution in [3.8, 4) is 22.6 Å². The Morgan fingerprint density at radius 1 is 1.00 bits per heavy atom. The second-order valence-corrected chi connectivity index (χ2v) is 9.41. The van der Waals surface area contributed by atoms with E-state index >= 15 is 0 Å². The number of aryl methyl sites for hydroxylation is 1. The molecule has 6 rings (SSSR count). The molecule has 1 saturated heterocycles. The number of aromatic nitrogens is 5. The third-order valence-corrected chi connectivity index (χ3v) is 6.91. The van der Waals surface area contributed by atoms with Crippen molar-refractivity contribution in [3.63, 3.8) is 0 Å². The van der Waals surface area contributed by atoms with E-state index in [9.17, 15) is 9.18 Å². The fourth-order valence-electron chi connectivity index (χ4n) is 4.85. The monoisotopic (exact) mass is 507 g/mol. The van der Waals surface area contributed by atoms with Gasteiger partial charge in [0.1, 0.15) is 11.5 Å². The SMILES string of the molecule is Cn1nccc1-c1nc(N2CCC(NC(=O)c3ccc(-c4cccc(F)c4)nc3)CC2)nc2ccccc12. The van der Waals surface area contributed by atoms with E-state index in [-0.39, 0.29) is 17.8 Å². The molecule has 4 heterocycles. The van der Waals surface area contributed by atoms with Crippen molar-refractivity contribution in [2.24, 2.45) is 7.05 Å². The van der Waals surface area contributed by atoms with E-state index in [1.807, 2.05) is 42.1 Å². The first kappa shape index (κ1) is 23.7. The van der Waals surface area contributed by atoms with Crippen LogP contribution in [0.15, 0.2) is 79.1 Å². The molecule has 0 spiro atoms. The number of amides is 1. The van der Waals surface area contributed by atoms with Gasteiger partial charge in [-0.05, 0) is 49.2 Å². The van der Waals surface area contributed by atoms with Crippen LogP contribution in [0, 0.1) is 5.82 Å². The Bertz CT molecular complexity index is 1610. The van der Waals surface area contributed by atoms with Crippen LogP contribution in [0.2, 0.25) is 0 Å². The van der Waals surface area contributed by atoms with Crippen LogP contribution in [0.4, 0.5) is 10.3 Å². The molecule has 0 aliphatic carbocycles. The van der Waals surface area contributed by atoms with Gasteiger partial charge in [0.2, 0.25) is 5.95 Å². The second-order valence-electron chi connectivity index (χ2n) is 9.41. The third-order valence-electron chi connectivity index (χ3n) is 6.91. The number of carbonyl (C=O) groups excluding carboxylic acids is 1. The largest absolute Gasteiger partial charge is 0.349 e. The van der Waals surface area contributed by atoms with E-state index < -0.39 is 0 Å². The molecule has 190 valence electrons. The number of nitrogens with zero attached hydrogens (tertiary/aromatic N) is 6. The van der Waals surface area contributed by atoms with Crippen LogP contribution in [0.5, 0.6) is 0 Å². The van der Waals surface area contributed by atoms with Crippen LogP contribution in [-0.2, 0) is 7.05 Å². The van der Waals surface area contributed by atoms with E-state index in [0.29, 0.717) is 22.8 Å². The molecule has 1 amide bonds. The van der Waals surface area contributed by atoms with Crippen LogP contribution < -0.4 is 10.2 Å². The first-order valence-corrected chi connectivity index (χ1v) is 12.6. The predicted molar refractivity (Wildman–Crippen MR) is 144 cm³/mol. The number of para-hydroxylation sites is 1. The molecule has 8 nitrogen and oxygen atoms in total. The minimum absolute atomic E-state index is 0.0404. The first-order valence-electron chi connectivity index (χ1n) is 12.6. The number of hydrogen-bond donors (Lipinski definition) is 1. The van der Waals surface area contributed by atoms with Crippen molar-refractivity contribution in [3.05, 3.63) is 90.5 Å². The Kier molecular flexibility index (Phi) is 6.25. The molecule has 0 saturated carbocycles. The van der Waals surface area contributed by atoms with Crippen molar-refractivity contribution in [1.29, 1.82) is 0 Å². The van der Waals surface area contributed by atoms with E-state index in [0.717, 1.165) is 48.2 Å². The number of fused-ring (bicyclic) bond motifs is 1. The van der Waals surface area contributed by atoms with Gasteiger partial charge < -0.3 is 10.2 Å². The van der Waals surface area contributed by atoms with Crippen LogP contribution in [0.3, 0.4) is 0 Å². The van der Waals surface area contributed by atoms with Gasteiger partial charge in [-0.2, -0.15) is 5.10 Å². The molecule has 3 aromatic heterocycles. The number of nitrogens with one attached hydrogen (secondary N) is 1. The van der Waals surface area contributed by atoms with Crippen molar-refractivity contribution < 1.29 is 9.18 Å². The zero-order valence-corrected chi connectivity index (χ0v) is 20.9. The standard InChI is InChI=1S/C29H26FN7O/c1-36-26(11-14-32-36)27-23-7-2-3-8-25(23)34-29(35-27)37-15-12-22(13-16-37)33-28(38)20-9-10-24(31-18-20)19-5-4-6-21(30)17-19/h2-11,14,17-18,22H,12-13,15-16H2,1H3,(H,33,38). The Morgan fingerprint density at radius 3 is 2.58 bits per heavy atom. The summed E-state index contributed by atoms with van der Waals surface area (Å²) in [6.07, 6.45) is 4.85. The van der Waals surface area contributed by atoms with Gasteiger partial charge in [0.15, 0.2) is 0 Å². The van der Waals surface area contributed by atoms with Gasteiger partial charge in [0.25, 0.3) is 5.91 Å². The zero-order valence-electron chi connectivity index (χ0n) is 20.9. The van der Waals surface area contributed by atoms with Gasteiger partial charge in [-0.25, -0.2) is 14.4 Å². The lowest BCUT2D eigenvalue weighted by Gasteiger charge is -2.32. The molecular formula is C29H26FN7O. The van der Waals surface area contributed by atoms with Gasteiger partial charge in [0.05, 0.1) is 22.5 Å². The summed E-state index contributed by atoms with van der Waals surface area (Å²) >= 11 is 0. The minimum Gasteiger partial charge on any atom is -0.349 e. The van der Waals surface area contributed by atoms with Crippen molar-refractivity contribution in [2.75, 3.05) is 18.0 Å². The quantitative estimate of drug-likeness (QED) is 0.373. The van der Waals surface area contributed by atoms with Crippen LogP contribution in [-0.4, -0.2) is 49.8 Å². The number of rotatable bonds is 5. The topological polar surface area (TPSA) is 88.8 Å². The van der Waals surface area contributed by atoms with E-state index in [1.54, 1.807) is 30.5 Å². The molecule has 0 bridgehead atoms. The summed E-state index contributed by atoms with van der Waals surface area (Å²) in [6.45, 7) is 1.45. The Balaban J connectivity index is 1.13. The lowest BCUT2D eigenvalue weighted by molar-refractivity contribution is 0.0930. The summed E-state index contributed by atoms with van der Waals surface area (Å²) in [5.74, 6) is 0.198. The number of anilines is 1. The molecule has 0 radical (unpaired) electrons. The maximum Gasteiger partial charge on any atom is 0.253 e. The average molecular weight is 508 g/mol. The smallest absolute Gasteiger partial charge is 0.253 e. The number of halogens is 1. The fourth-order valence-corrected chi connectivity index (χ4v) is 4.85. The fraction of sp³-hybridized carbons (Fsp3) is 0.207. The van der Waals surface area contributed by atoms with Crippen LogP contribution >= 0.6 is 0 Å². The molecular weight excluding hydrogens is 481 g/mol. The highest BCUT2D eigenvalue weighted by atomic mass is 19.1. The van der Waals surface area contributed by atoms with E-state index in [1.165, 1.54) is 18.3 Å². The average Bonchev–Trinajstić information content (AvgIpc) is 3.38. The first-order chi connectivity index (χ1) is 18.5. The highest BCUT2D eigenvalue weighted by Crippen LogP contribution is 2.29. The Hall–Kier alpha value is -4.66. The third kappa shape index (κ3) is 4.70.